The molecule has 1 aromatic heterocycles. The van der Waals surface area contributed by atoms with Crippen LogP contribution in [0.5, 0.6) is 17.2 Å². The van der Waals surface area contributed by atoms with Crippen LogP contribution in [0.15, 0.2) is 29.0 Å². The highest BCUT2D eigenvalue weighted by atomic mass is 32.1. The number of carbonyl (C=O) groups excluding carboxylic acids is 3. The van der Waals surface area contributed by atoms with E-state index in [2.05, 4.69) is 16.2 Å². The van der Waals surface area contributed by atoms with Crippen LogP contribution in [-0.2, 0) is 4.79 Å². The van der Waals surface area contributed by atoms with Gasteiger partial charge in [-0.1, -0.05) is 0 Å². The Bertz CT molecular complexity index is 858. The summed E-state index contributed by atoms with van der Waals surface area (Å²) in [4.78, 5) is 36.3. The maximum absolute atomic E-state index is 12.5. The normalized spacial score (nSPS) is 10.2. The van der Waals surface area contributed by atoms with Gasteiger partial charge in [0.1, 0.15) is 0 Å². The van der Waals surface area contributed by atoms with E-state index < -0.39 is 11.8 Å². The average molecular weight is 450 g/mol. The minimum Gasteiger partial charge on any atom is -0.490 e. The molecule has 2 aromatic rings. The lowest BCUT2D eigenvalue weighted by molar-refractivity contribution is -0.121. The summed E-state index contributed by atoms with van der Waals surface area (Å²) in [6.45, 7) is 6.78. The number of nitrogens with one attached hydrogen (secondary N) is 3. The van der Waals surface area contributed by atoms with Gasteiger partial charge in [-0.15, -0.1) is 0 Å². The molecule has 0 aliphatic rings. The van der Waals surface area contributed by atoms with E-state index in [9.17, 15) is 14.4 Å². The van der Waals surface area contributed by atoms with Crippen molar-refractivity contribution in [1.82, 2.24) is 16.2 Å². The van der Waals surface area contributed by atoms with E-state index in [0.717, 1.165) is 0 Å². The number of carbonyl (C=O) groups is 3. The molecule has 0 saturated heterocycles. The van der Waals surface area contributed by atoms with Crippen LogP contribution in [0.2, 0.25) is 0 Å². The summed E-state index contributed by atoms with van der Waals surface area (Å²) >= 11 is 1.41. The largest absolute Gasteiger partial charge is 0.490 e. The minimum absolute atomic E-state index is 0.00776. The van der Waals surface area contributed by atoms with Crippen LogP contribution < -0.4 is 30.4 Å². The number of amides is 3. The van der Waals surface area contributed by atoms with Crippen molar-refractivity contribution in [2.24, 2.45) is 0 Å². The number of hydrogen-bond acceptors (Lipinski definition) is 7. The molecule has 2 rings (SSSR count). The van der Waals surface area contributed by atoms with Gasteiger partial charge in [0.25, 0.3) is 11.8 Å². The summed E-state index contributed by atoms with van der Waals surface area (Å²) in [5.74, 6) is -0.0565. The molecule has 0 aliphatic heterocycles. The SMILES string of the molecule is CCOc1cc(C(=O)NNC(=O)CCNC(=O)c2ccsc2)cc(OCC)c1OCC. The Kier molecular flexibility index (Phi) is 9.63. The highest BCUT2D eigenvalue weighted by Gasteiger charge is 2.18. The van der Waals surface area contributed by atoms with Crippen molar-refractivity contribution >= 4 is 29.1 Å². The lowest BCUT2D eigenvalue weighted by Gasteiger charge is -2.17. The number of rotatable bonds is 11. The topological polar surface area (TPSA) is 115 Å². The van der Waals surface area contributed by atoms with Crippen LogP contribution in [0.3, 0.4) is 0 Å². The number of ether oxygens (including phenoxy) is 3. The van der Waals surface area contributed by atoms with E-state index in [1.807, 2.05) is 20.8 Å². The second-order valence-corrected chi connectivity index (χ2v) is 6.90. The smallest absolute Gasteiger partial charge is 0.269 e. The van der Waals surface area contributed by atoms with E-state index in [1.165, 1.54) is 23.5 Å². The van der Waals surface area contributed by atoms with Crippen molar-refractivity contribution in [3.05, 3.63) is 40.1 Å². The number of hydrazine groups is 1. The van der Waals surface area contributed by atoms with E-state index in [-0.39, 0.29) is 24.4 Å². The molecule has 168 valence electrons. The van der Waals surface area contributed by atoms with Crippen molar-refractivity contribution in [2.45, 2.75) is 27.2 Å². The van der Waals surface area contributed by atoms with Gasteiger partial charge in [-0.3, -0.25) is 25.2 Å². The predicted molar refractivity (Wildman–Crippen MR) is 117 cm³/mol. The molecule has 0 unspecified atom stereocenters. The monoisotopic (exact) mass is 449 g/mol. The van der Waals surface area contributed by atoms with Gasteiger partial charge < -0.3 is 19.5 Å². The lowest BCUT2D eigenvalue weighted by Crippen LogP contribution is -2.42. The molecule has 3 amide bonds. The quantitative estimate of drug-likeness (QED) is 0.454. The molecular weight excluding hydrogens is 422 g/mol. The zero-order valence-electron chi connectivity index (χ0n) is 17.8. The van der Waals surface area contributed by atoms with Gasteiger partial charge in [0, 0.05) is 29.5 Å². The van der Waals surface area contributed by atoms with Crippen LogP contribution in [0.4, 0.5) is 0 Å². The average Bonchev–Trinajstić information content (AvgIpc) is 3.29. The summed E-state index contributed by atoms with van der Waals surface area (Å²) in [5.41, 5.74) is 5.47. The third-order valence-corrected chi connectivity index (χ3v) is 4.59. The molecule has 0 spiro atoms. The third kappa shape index (κ3) is 7.18. The van der Waals surface area contributed by atoms with Crippen molar-refractivity contribution < 1.29 is 28.6 Å². The second kappa shape index (κ2) is 12.4. The fraction of sp³-hybridized carbons (Fsp3) is 0.381. The van der Waals surface area contributed by atoms with Crippen molar-refractivity contribution in [1.29, 1.82) is 0 Å². The molecule has 10 heteroatoms. The van der Waals surface area contributed by atoms with Crippen LogP contribution >= 0.6 is 11.3 Å². The number of hydrogen-bond donors (Lipinski definition) is 3. The van der Waals surface area contributed by atoms with Gasteiger partial charge >= 0.3 is 0 Å². The van der Waals surface area contributed by atoms with Gasteiger partial charge in [-0.25, -0.2) is 0 Å². The molecule has 0 aliphatic carbocycles. The Morgan fingerprint density at radius 2 is 1.52 bits per heavy atom. The summed E-state index contributed by atoms with van der Waals surface area (Å²) in [5, 5.41) is 6.16. The lowest BCUT2D eigenvalue weighted by atomic mass is 10.1. The first-order valence-corrected chi connectivity index (χ1v) is 10.9. The molecule has 0 atom stereocenters. The minimum atomic E-state index is -0.541. The standard InChI is InChI=1S/C21H27N3O6S/c1-4-28-16-11-15(12-17(29-5-2)19(16)30-6-3)21(27)24-23-18(25)7-9-22-20(26)14-8-10-31-13-14/h8,10-13H,4-7,9H2,1-3H3,(H,22,26)(H,23,25)(H,24,27). The van der Waals surface area contributed by atoms with Crippen molar-refractivity contribution in [3.63, 3.8) is 0 Å². The molecule has 31 heavy (non-hydrogen) atoms. The maximum atomic E-state index is 12.5. The zero-order chi connectivity index (χ0) is 22.6. The summed E-state index contributed by atoms with van der Waals surface area (Å²) < 4.78 is 16.8. The van der Waals surface area contributed by atoms with Crippen molar-refractivity contribution in [2.75, 3.05) is 26.4 Å². The van der Waals surface area contributed by atoms with Gasteiger partial charge in [0.05, 0.1) is 19.8 Å². The Balaban J connectivity index is 1.94. The van der Waals surface area contributed by atoms with E-state index >= 15 is 0 Å². The van der Waals surface area contributed by atoms with Gasteiger partial charge in [0.2, 0.25) is 11.7 Å². The summed E-state index contributed by atoms with van der Waals surface area (Å²) in [7, 11) is 0. The molecule has 9 nitrogen and oxygen atoms in total. The molecule has 0 radical (unpaired) electrons. The van der Waals surface area contributed by atoms with E-state index in [0.29, 0.717) is 42.6 Å². The first kappa shape index (κ1) is 24.0. The molecule has 0 saturated carbocycles. The second-order valence-electron chi connectivity index (χ2n) is 6.12. The maximum Gasteiger partial charge on any atom is 0.269 e. The van der Waals surface area contributed by atoms with Crippen LogP contribution in [0, 0.1) is 0 Å². The molecule has 0 bridgehead atoms. The molecule has 1 aromatic carbocycles. The number of benzene rings is 1. The zero-order valence-corrected chi connectivity index (χ0v) is 18.6. The number of thiophene rings is 1. The van der Waals surface area contributed by atoms with Crippen LogP contribution in [-0.4, -0.2) is 44.1 Å². The van der Waals surface area contributed by atoms with Gasteiger partial charge in [-0.05, 0) is 44.4 Å². The van der Waals surface area contributed by atoms with Gasteiger partial charge in [-0.2, -0.15) is 11.3 Å². The Morgan fingerprint density at radius 3 is 2.06 bits per heavy atom. The third-order valence-electron chi connectivity index (χ3n) is 3.91. The molecular formula is C21H27N3O6S. The van der Waals surface area contributed by atoms with Crippen LogP contribution in [0.1, 0.15) is 47.9 Å². The van der Waals surface area contributed by atoms with Gasteiger partial charge in [0.15, 0.2) is 11.5 Å². The molecule has 1 heterocycles. The predicted octanol–water partition coefficient (Wildman–Crippen LogP) is 2.53. The highest BCUT2D eigenvalue weighted by molar-refractivity contribution is 7.08. The Morgan fingerprint density at radius 1 is 0.871 bits per heavy atom. The summed E-state index contributed by atoms with van der Waals surface area (Å²) in [6, 6.07) is 4.75. The fourth-order valence-electron chi connectivity index (χ4n) is 2.57. The first-order chi connectivity index (χ1) is 15.0. The Labute approximate surface area is 185 Å². The van der Waals surface area contributed by atoms with E-state index in [1.54, 1.807) is 16.8 Å². The first-order valence-electron chi connectivity index (χ1n) is 9.96. The summed E-state index contributed by atoms with van der Waals surface area (Å²) in [6.07, 6.45) is 0.00776. The highest BCUT2D eigenvalue weighted by Crippen LogP contribution is 2.39. The Hall–Kier alpha value is -3.27. The fourth-order valence-corrected chi connectivity index (χ4v) is 3.20. The van der Waals surface area contributed by atoms with Crippen molar-refractivity contribution in [3.8, 4) is 17.2 Å². The molecule has 3 N–H and O–H groups in total. The van der Waals surface area contributed by atoms with E-state index in [4.69, 9.17) is 14.2 Å². The van der Waals surface area contributed by atoms with Crippen LogP contribution in [0.25, 0.3) is 0 Å². The molecule has 0 fully saturated rings.